The Hall–Kier alpha value is -2.83. The third kappa shape index (κ3) is 2.45. The van der Waals surface area contributed by atoms with Crippen LogP contribution in [0.15, 0.2) is 24.4 Å². The Bertz CT molecular complexity index is 816. The Morgan fingerprint density at radius 3 is 3.00 bits per heavy atom. The summed E-state index contributed by atoms with van der Waals surface area (Å²) in [5.41, 5.74) is 9.36. The van der Waals surface area contributed by atoms with Crippen molar-refractivity contribution in [3.05, 3.63) is 41.3 Å². The fourth-order valence-electron chi connectivity index (χ4n) is 2.29. The maximum absolute atomic E-state index is 12.3. The quantitative estimate of drug-likeness (QED) is 0.627. The van der Waals surface area contributed by atoms with Crippen molar-refractivity contribution in [2.75, 3.05) is 5.73 Å². The zero-order valence-corrected chi connectivity index (χ0v) is 11.8. The molecule has 1 amide bonds. The van der Waals surface area contributed by atoms with E-state index in [1.807, 2.05) is 20.2 Å². The lowest BCUT2D eigenvalue weighted by molar-refractivity contribution is 0.0947. The molecule has 0 atom stereocenters. The number of aryl methyl sites for hydroxylation is 2. The van der Waals surface area contributed by atoms with Crippen molar-refractivity contribution in [1.82, 2.24) is 25.3 Å². The standard InChI is InChI=1S/C14H16N6O/c1-8-9(7-20(2)19-8)6-16-14(21)13-11-5-10(15)3-4-12(11)17-18-13/h3-5,7H,6,15H2,1-2H3,(H,16,21)(H,17,18). The predicted molar refractivity (Wildman–Crippen MR) is 79.6 cm³/mol. The number of anilines is 1. The van der Waals surface area contributed by atoms with E-state index < -0.39 is 0 Å². The van der Waals surface area contributed by atoms with Crippen LogP contribution in [0.5, 0.6) is 0 Å². The molecule has 2 heterocycles. The van der Waals surface area contributed by atoms with Gasteiger partial charge in [-0.3, -0.25) is 14.6 Å². The second-order valence-electron chi connectivity index (χ2n) is 4.97. The maximum Gasteiger partial charge on any atom is 0.272 e. The molecule has 2 aromatic heterocycles. The topological polar surface area (TPSA) is 102 Å². The van der Waals surface area contributed by atoms with Crippen LogP contribution in [-0.2, 0) is 13.6 Å². The number of nitrogens with zero attached hydrogens (tertiary/aromatic N) is 3. The van der Waals surface area contributed by atoms with Gasteiger partial charge >= 0.3 is 0 Å². The lowest BCUT2D eigenvalue weighted by Gasteiger charge is -2.02. The number of H-pyrrole nitrogens is 1. The minimum Gasteiger partial charge on any atom is -0.399 e. The van der Waals surface area contributed by atoms with Crippen molar-refractivity contribution in [1.29, 1.82) is 0 Å². The molecule has 0 saturated heterocycles. The summed E-state index contributed by atoms with van der Waals surface area (Å²) in [7, 11) is 1.85. The first kappa shape index (κ1) is 13.2. The van der Waals surface area contributed by atoms with Gasteiger partial charge in [0, 0.05) is 36.4 Å². The number of aromatic amines is 1. The summed E-state index contributed by atoms with van der Waals surface area (Å²) in [4.78, 5) is 12.3. The molecule has 7 heteroatoms. The molecule has 4 N–H and O–H groups in total. The number of nitrogens with one attached hydrogen (secondary N) is 2. The Labute approximate surface area is 121 Å². The second-order valence-corrected chi connectivity index (χ2v) is 4.97. The maximum atomic E-state index is 12.3. The van der Waals surface area contributed by atoms with Crippen molar-refractivity contribution in [3.63, 3.8) is 0 Å². The van der Waals surface area contributed by atoms with Crippen LogP contribution in [0.4, 0.5) is 5.69 Å². The number of amides is 1. The number of aromatic nitrogens is 4. The predicted octanol–water partition coefficient (Wildman–Crippen LogP) is 1.12. The van der Waals surface area contributed by atoms with Gasteiger partial charge in [-0.15, -0.1) is 0 Å². The molecule has 3 aromatic rings. The molecule has 1 aromatic carbocycles. The zero-order valence-electron chi connectivity index (χ0n) is 11.8. The summed E-state index contributed by atoms with van der Waals surface area (Å²) in [6.45, 7) is 2.32. The van der Waals surface area contributed by atoms with Gasteiger partial charge in [-0.1, -0.05) is 0 Å². The van der Waals surface area contributed by atoms with E-state index in [0.717, 1.165) is 22.2 Å². The van der Waals surface area contributed by atoms with E-state index in [-0.39, 0.29) is 5.91 Å². The van der Waals surface area contributed by atoms with E-state index >= 15 is 0 Å². The number of carbonyl (C=O) groups is 1. The van der Waals surface area contributed by atoms with Gasteiger partial charge in [0.05, 0.1) is 11.2 Å². The van der Waals surface area contributed by atoms with Crippen LogP contribution in [0.3, 0.4) is 0 Å². The SMILES string of the molecule is Cc1nn(C)cc1CNC(=O)c1n[nH]c2ccc(N)cc12. The van der Waals surface area contributed by atoms with Crippen molar-refractivity contribution in [2.24, 2.45) is 7.05 Å². The molecular weight excluding hydrogens is 268 g/mol. The van der Waals surface area contributed by atoms with Crippen LogP contribution in [0, 0.1) is 6.92 Å². The molecule has 0 bridgehead atoms. The minimum atomic E-state index is -0.241. The van der Waals surface area contributed by atoms with Gasteiger partial charge in [0.1, 0.15) is 0 Å². The van der Waals surface area contributed by atoms with Crippen LogP contribution in [0.25, 0.3) is 10.9 Å². The Morgan fingerprint density at radius 1 is 1.48 bits per heavy atom. The molecule has 108 valence electrons. The van der Waals surface area contributed by atoms with E-state index in [0.29, 0.717) is 17.9 Å². The van der Waals surface area contributed by atoms with E-state index in [4.69, 9.17) is 5.73 Å². The molecule has 0 aliphatic heterocycles. The molecule has 21 heavy (non-hydrogen) atoms. The van der Waals surface area contributed by atoms with Crippen LogP contribution >= 0.6 is 0 Å². The summed E-state index contributed by atoms with van der Waals surface area (Å²) in [5, 5.41) is 14.7. The summed E-state index contributed by atoms with van der Waals surface area (Å²) >= 11 is 0. The number of rotatable bonds is 3. The number of nitrogens with two attached hydrogens (primary N) is 1. The molecule has 0 radical (unpaired) electrons. The summed E-state index contributed by atoms with van der Waals surface area (Å²) in [6, 6.07) is 5.31. The van der Waals surface area contributed by atoms with Crippen molar-refractivity contribution >= 4 is 22.5 Å². The fourth-order valence-corrected chi connectivity index (χ4v) is 2.29. The van der Waals surface area contributed by atoms with E-state index in [1.165, 1.54) is 0 Å². The number of hydrogen-bond donors (Lipinski definition) is 3. The normalized spacial score (nSPS) is 11.0. The van der Waals surface area contributed by atoms with Gasteiger partial charge in [0.2, 0.25) is 0 Å². The molecule has 3 rings (SSSR count). The zero-order chi connectivity index (χ0) is 15.0. The molecule has 0 spiro atoms. The van der Waals surface area contributed by atoms with Crippen LogP contribution in [-0.4, -0.2) is 25.9 Å². The highest BCUT2D eigenvalue weighted by Crippen LogP contribution is 2.19. The third-order valence-corrected chi connectivity index (χ3v) is 3.36. The van der Waals surface area contributed by atoms with Gasteiger partial charge in [-0.25, -0.2) is 0 Å². The highest BCUT2D eigenvalue weighted by Gasteiger charge is 2.14. The molecule has 0 aliphatic rings. The lowest BCUT2D eigenvalue weighted by Crippen LogP contribution is -2.23. The van der Waals surface area contributed by atoms with Gasteiger partial charge in [0.25, 0.3) is 5.91 Å². The average Bonchev–Trinajstić information content (AvgIpc) is 2.99. The van der Waals surface area contributed by atoms with Crippen LogP contribution < -0.4 is 11.1 Å². The molecule has 0 saturated carbocycles. The van der Waals surface area contributed by atoms with E-state index in [1.54, 1.807) is 22.9 Å². The average molecular weight is 284 g/mol. The van der Waals surface area contributed by atoms with Crippen molar-refractivity contribution in [2.45, 2.75) is 13.5 Å². The summed E-state index contributed by atoms with van der Waals surface area (Å²) in [5.74, 6) is -0.241. The third-order valence-electron chi connectivity index (χ3n) is 3.36. The molecular formula is C14H16N6O. The molecule has 0 fully saturated rings. The van der Waals surface area contributed by atoms with Gasteiger partial charge in [0.15, 0.2) is 5.69 Å². The van der Waals surface area contributed by atoms with Gasteiger partial charge in [-0.2, -0.15) is 10.2 Å². The molecule has 7 nitrogen and oxygen atoms in total. The second kappa shape index (κ2) is 4.93. The van der Waals surface area contributed by atoms with Gasteiger partial charge < -0.3 is 11.1 Å². The highest BCUT2D eigenvalue weighted by molar-refractivity contribution is 6.05. The number of carbonyl (C=O) groups excluding carboxylic acids is 1. The van der Waals surface area contributed by atoms with Crippen LogP contribution in [0.1, 0.15) is 21.7 Å². The first-order chi connectivity index (χ1) is 10.0. The lowest BCUT2D eigenvalue weighted by atomic mass is 10.2. The fraction of sp³-hybridized carbons (Fsp3) is 0.214. The first-order valence-electron chi connectivity index (χ1n) is 6.55. The number of benzene rings is 1. The largest absolute Gasteiger partial charge is 0.399 e. The molecule has 0 unspecified atom stereocenters. The van der Waals surface area contributed by atoms with Crippen molar-refractivity contribution in [3.8, 4) is 0 Å². The van der Waals surface area contributed by atoms with E-state index in [2.05, 4.69) is 20.6 Å². The van der Waals surface area contributed by atoms with Crippen molar-refractivity contribution < 1.29 is 4.79 Å². The smallest absolute Gasteiger partial charge is 0.272 e. The number of hydrogen-bond acceptors (Lipinski definition) is 4. The minimum absolute atomic E-state index is 0.241. The number of fused-ring (bicyclic) bond motifs is 1. The van der Waals surface area contributed by atoms with Crippen LogP contribution in [0.2, 0.25) is 0 Å². The summed E-state index contributed by atoms with van der Waals surface area (Å²) in [6.07, 6.45) is 1.89. The van der Waals surface area contributed by atoms with E-state index in [9.17, 15) is 4.79 Å². The monoisotopic (exact) mass is 284 g/mol. The van der Waals surface area contributed by atoms with Gasteiger partial charge in [-0.05, 0) is 25.1 Å². The number of nitrogen functional groups attached to an aromatic ring is 1. The first-order valence-corrected chi connectivity index (χ1v) is 6.55. The highest BCUT2D eigenvalue weighted by atomic mass is 16.1. The summed E-state index contributed by atoms with van der Waals surface area (Å²) < 4.78 is 1.72. The Morgan fingerprint density at radius 2 is 2.29 bits per heavy atom. The Kier molecular flexibility index (Phi) is 3.09. The molecule has 0 aliphatic carbocycles. The Balaban J connectivity index is 1.81.